The van der Waals surface area contributed by atoms with Gasteiger partial charge in [-0.15, -0.1) is 0 Å². The molecular formula is C21H39N5O2. The van der Waals surface area contributed by atoms with Crippen LogP contribution >= 0.6 is 0 Å². The number of nitrogens with zero attached hydrogens (tertiary/aromatic N) is 2. The van der Waals surface area contributed by atoms with Gasteiger partial charge >= 0.3 is 0 Å². The van der Waals surface area contributed by atoms with Crippen molar-refractivity contribution in [2.75, 3.05) is 47.4 Å². The molecule has 0 saturated heterocycles. The van der Waals surface area contributed by atoms with Crippen molar-refractivity contribution >= 4 is 5.91 Å². The molecule has 0 bridgehead atoms. The summed E-state index contributed by atoms with van der Waals surface area (Å²) >= 11 is 0. The summed E-state index contributed by atoms with van der Waals surface area (Å²) in [6.07, 6.45) is 5.81. The van der Waals surface area contributed by atoms with Crippen molar-refractivity contribution in [3.8, 4) is 0 Å². The molecule has 1 unspecified atom stereocenters. The van der Waals surface area contributed by atoms with E-state index in [0.29, 0.717) is 19.1 Å². The third kappa shape index (κ3) is 6.29. The van der Waals surface area contributed by atoms with Crippen LogP contribution in [0.2, 0.25) is 0 Å². The lowest BCUT2D eigenvalue weighted by Gasteiger charge is -2.41. The predicted octanol–water partition coefficient (Wildman–Crippen LogP) is 2.12. The molecule has 7 heteroatoms. The topological polar surface area (TPSA) is 82.3 Å². The van der Waals surface area contributed by atoms with Crippen molar-refractivity contribution in [3.63, 3.8) is 0 Å². The molecule has 1 aliphatic carbocycles. The summed E-state index contributed by atoms with van der Waals surface area (Å²) in [5.41, 5.74) is 2.48. The third-order valence-corrected chi connectivity index (χ3v) is 6.09. The van der Waals surface area contributed by atoms with Gasteiger partial charge in [-0.1, -0.05) is 13.8 Å². The van der Waals surface area contributed by atoms with Gasteiger partial charge in [0.05, 0.1) is 6.20 Å². The highest BCUT2D eigenvalue weighted by Crippen LogP contribution is 2.47. The zero-order chi connectivity index (χ0) is 20.6. The van der Waals surface area contributed by atoms with Crippen LogP contribution in [-0.4, -0.2) is 68.5 Å². The van der Waals surface area contributed by atoms with Crippen LogP contribution in [0.25, 0.3) is 0 Å². The summed E-state index contributed by atoms with van der Waals surface area (Å²) in [6.45, 7) is 8.63. The SMILES string of the molecule is CNCCN(C)Cc1cn[nH]c1C1CCC(C)(C)[C@@H](C(=O)NCCCOC)C1. The molecule has 1 amide bonds. The van der Waals surface area contributed by atoms with Gasteiger partial charge in [-0.2, -0.15) is 5.10 Å². The molecule has 1 fully saturated rings. The molecule has 7 nitrogen and oxygen atoms in total. The maximum Gasteiger partial charge on any atom is 0.223 e. The average molecular weight is 394 g/mol. The standard InChI is InChI=1S/C21H39N5O2/c1-21(2)8-7-16(13-18(21)20(27)23-9-6-12-28-5)19-17(14-24-25-19)15-26(4)11-10-22-3/h14,16,18,22H,6-13,15H2,1-5H3,(H,23,27)(H,24,25)/t16?,18-/m1/s1. The Morgan fingerprint density at radius 1 is 1.43 bits per heavy atom. The lowest BCUT2D eigenvalue weighted by atomic mass is 9.64. The van der Waals surface area contributed by atoms with Gasteiger partial charge in [-0.3, -0.25) is 9.89 Å². The monoisotopic (exact) mass is 393 g/mol. The third-order valence-electron chi connectivity index (χ3n) is 6.09. The van der Waals surface area contributed by atoms with E-state index in [-0.39, 0.29) is 17.2 Å². The van der Waals surface area contributed by atoms with E-state index < -0.39 is 0 Å². The summed E-state index contributed by atoms with van der Waals surface area (Å²) in [5.74, 6) is 0.558. The van der Waals surface area contributed by atoms with Gasteiger partial charge in [0.2, 0.25) is 5.91 Å². The smallest absolute Gasteiger partial charge is 0.223 e. The molecule has 2 atom stereocenters. The first-order valence-corrected chi connectivity index (χ1v) is 10.5. The highest BCUT2D eigenvalue weighted by atomic mass is 16.5. The molecular weight excluding hydrogens is 354 g/mol. The average Bonchev–Trinajstić information content (AvgIpc) is 3.11. The van der Waals surface area contributed by atoms with Gasteiger partial charge in [-0.25, -0.2) is 0 Å². The highest BCUT2D eigenvalue weighted by molar-refractivity contribution is 5.79. The maximum absolute atomic E-state index is 12.9. The van der Waals surface area contributed by atoms with E-state index >= 15 is 0 Å². The van der Waals surface area contributed by atoms with Gasteiger partial charge in [0.1, 0.15) is 0 Å². The molecule has 0 aliphatic heterocycles. The van der Waals surface area contributed by atoms with Gasteiger partial charge in [0, 0.05) is 63.0 Å². The van der Waals surface area contributed by atoms with Crippen molar-refractivity contribution in [2.45, 2.75) is 52.0 Å². The fourth-order valence-corrected chi connectivity index (χ4v) is 4.19. The Labute approximate surface area is 170 Å². The van der Waals surface area contributed by atoms with E-state index in [9.17, 15) is 4.79 Å². The second-order valence-corrected chi connectivity index (χ2v) is 8.80. The number of amides is 1. The Kier molecular flexibility index (Phi) is 8.92. The first-order valence-electron chi connectivity index (χ1n) is 10.5. The maximum atomic E-state index is 12.9. The molecule has 28 heavy (non-hydrogen) atoms. The second-order valence-electron chi connectivity index (χ2n) is 8.80. The number of methoxy groups -OCH3 is 1. The van der Waals surface area contributed by atoms with Crippen LogP contribution in [-0.2, 0) is 16.1 Å². The fraction of sp³-hybridized carbons (Fsp3) is 0.810. The molecule has 1 heterocycles. The molecule has 160 valence electrons. The van der Waals surface area contributed by atoms with Crippen LogP contribution < -0.4 is 10.6 Å². The number of aromatic amines is 1. The van der Waals surface area contributed by atoms with E-state index in [1.807, 2.05) is 13.2 Å². The minimum atomic E-state index is 0.0195. The number of hydrogen-bond acceptors (Lipinski definition) is 5. The van der Waals surface area contributed by atoms with Gasteiger partial charge < -0.3 is 20.3 Å². The normalized spacial score (nSPS) is 21.8. The number of rotatable bonds is 11. The molecule has 3 N–H and O–H groups in total. The lowest BCUT2D eigenvalue weighted by Crippen LogP contribution is -2.43. The Morgan fingerprint density at radius 3 is 2.93 bits per heavy atom. The summed E-state index contributed by atoms with van der Waals surface area (Å²) in [5, 5.41) is 13.9. The fourth-order valence-electron chi connectivity index (χ4n) is 4.19. The van der Waals surface area contributed by atoms with Crippen LogP contribution in [0.1, 0.15) is 56.7 Å². The number of likely N-dealkylation sites (N-methyl/N-ethyl adjacent to an activating group) is 2. The van der Waals surface area contributed by atoms with Crippen LogP contribution in [0.15, 0.2) is 6.20 Å². The quantitative estimate of drug-likeness (QED) is 0.502. The summed E-state index contributed by atoms with van der Waals surface area (Å²) in [6, 6.07) is 0. The van der Waals surface area contributed by atoms with Crippen molar-refractivity contribution < 1.29 is 9.53 Å². The number of carbonyl (C=O) groups is 1. The van der Waals surface area contributed by atoms with E-state index in [2.05, 4.69) is 46.6 Å². The van der Waals surface area contributed by atoms with Crippen LogP contribution in [0.3, 0.4) is 0 Å². The number of ether oxygens (including phenoxy) is 1. The van der Waals surface area contributed by atoms with Crippen molar-refractivity contribution in [1.82, 2.24) is 25.7 Å². The molecule has 0 spiro atoms. The van der Waals surface area contributed by atoms with Gasteiger partial charge in [-0.05, 0) is 45.2 Å². The number of aromatic nitrogens is 2. The number of hydrogen-bond donors (Lipinski definition) is 3. The zero-order valence-corrected chi connectivity index (χ0v) is 18.3. The minimum Gasteiger partial charge on any atom is -0.385 e. The molecule has 1 aromatic heterocycles. The molecule has 1 saturated carbocycles. The Bertz CT molecular complexity index is 601. The Balaban J connectivity index is 2.02. The van der Waals surface area contributed by atoms with Crippen LogP contribution in [0, 0.1) is 11.3 Å². The molecule has 2 rings (SSSR count). The molecule has 1 aromatic rings. The minimum absolute atomic E-state index is 0.0195. The number of H-pyrrole nitrogens is 1. The van der Waals surface area contributed by atoms with Gasteiger partial charge in [0.15, 0.2) is 0 Å². The van der Waals surface area contributed by atoms with E-state index in [4.69, 9.17) is 4.74 Å². The second kappa shape index (κ2) is 10.9. The summed E-state index contributed by atoms with van der Waals surface area (Å²) in [7, 11) is 5.80. The molecule has 0 radical (unpaired) electrons. The van der Waals surface area contributed by atoms with E-state index in [1.165, 1.54) is 11.3 Å². The largest absolute Gasteiger partial charge is 0.385 e. The van der Waals surface area contributed by atoms with Crippen molar-refractivity contribution in [3.05, 3.63) is 17.5 Å². The summed E-state index contributed by atoms with van der Waals surface area (Å²) in [4.78, 5) is 15.2. The van der Waals surface area contributed by atoms with Crippen molar-refractivity contribution in [1.29, 1.82) is 0 Å². The van der Waals surface area contributed by atoms with Gasteiger partial charge in [0.25, 0.3) is 0 Å². The number of nitrogens with one attached hydrogen (secondary N) is 3. The van der Waals surface area contributed by atoms with E-state index in [0.717, 1.165) is 45.3 Å². The Morgan fingerprint density at radius 2 is 2.21 bits per heavy atom. The van der Waals surface area contributed by atoms with Crippen LogP contribution in [0.4, 0.5) is 0 Å². The first kappa shape index (κ1) is 22.8. The lowest BCUT2D eigenvalue weighted by molar-refractivity contribution is -0.130. The Hall–Kier alpha value is -1.44. The number of carbonyl (C=O) groups excluding carboxylic acids is 1. The van der Waals surface area contributed by atoms with Crippen LogP contribution in [0.5, 0.6) is 0 Å². The predicted molar refractivity (Wildman–Crippen MR) is 112 cm³/mol. The summed E-state index contributed by atoms with van der Waals surface area (Å²) < 4.78 is 5.08. The first-order chi connectivity index (χ1) is 13.4. The van der Waals surface area contributed by atoms with Crippen molar-refractivity contribution in [2.24, 2.45) is 11.3 Å². The van der Waals surface area contributed by atoms with E-state index in [1.54, 1.807) is 7.11 Å². The highest BCUT2D eigenvalue weighted by Gasteiger charge is 2.41. The zero-order valence-electron chi connectivity index (χ0n) is 18.3. The molecule has 1 aliphatic rings. The molecule has 0 aromatic carbocycles.